The summed E-state index contributed by atoms with van der Waals surface area (Å²) in [5, 5.41) is 20.2. The summed E-state index contributed by atoms with van der Waals surface area (Å²) in [6, 6.07) is 11.8. The standard InChI is InChI=1S/C25H30ClN3O5S/c1-16(2)21(28-22(30)17-4-3-5-20(14-17)35(27,33)34)23(31)29-13-12-25(32,24(15-29)10-11-24)18-6-8-19(26)9-7-18/h3-9,14,16,21,32H,10-13,15H2,1-2H3,(H,28,30)(H2,27,33,34)/t21-,25?/m1/s1. The molecule has 1 saturated carbocycles. The number of nitrogens with one attached hydrogen (secondary N) is 1. The Balaban J connectivity index is 1.51. The number of primary sulfonamides is 1. The van der Waals surface area contributed by atoms with E-state index in [2.05, 4.69) is 5.32 Å². The maximum atomic E-state index is 13.5. The second-order valence-corrected chi connectivity index (χ2v) is 11.9. The topological polar surface area (TPSA) is 130 Å². The zero-order valence-corrected chi connectivity index (χ0v) is 21.3. The van der Waals surface area contributed by atoms with Crippen molar-refractivity contribution in [1.82, 2.24) is 10.2 Å². The number of hydrogen-bond donors (Lipinski definition) is 3. The van der Waals surface area contributed by atoms with Crippen LogP contribution in [0.4, 0.5) is 0 Å². The van der Waals surface area contributed by atoms with Crippen LogP contribution in [-0.4, -0.2) is 49.4 Å². The zero-order chi connectivity index (χ0) is 25.6. The highest BCUT2D eigenvalue weighted by Gasteiger charge is 2.62. The van der Waals surface area contributed by atoms with Gasteiger partial charge in [0.15, 0.2) is 0 Å². The molecule has 0 aromatic heterocycles. The Hall–Kier alpha value is -2.46. The quantitative estimate of drug-likeness (QED) is 0.540. The van der Waals surface area contributed by atoms with Crippen molar-refractivity contribution in [3.63, 3.8) is 0 Å². The van der Waals surface area contributed by atoms with Gasteiger partial charge in [0, 0.05) is 29.1 Å². The van der Waals surface area contributed by atoms with Gasteiger partial charge in [0.05, 0.1) is 10.5 Å². The fraction of sp³-hybridized carbons (Fsp3) is 0.440. The van der Waals surface area contributed by atoms with E-state index in [1.807, 2.05) is 26.0 Å². The lowest BCUT2D eigenvalue weighted by Crippen LogP contribution is -2.58. The van der Waals surface area contributed by atoms with Gasteiger partial charge in [0.2, 0.25) is 15.9 Å². The van der Waals surface area contributed by atoms with Gasteiger partial charge in [-0.05, 0) is 61.1 Å². The molecule has 1 saturated heterocycles. The number of likely N-dealkylation sites (tertiary alicyclic amines) is 1. The fourth-order valence-corrected chi connectivity index (χ4v) is 5.66. The van der Waals surface area contributed by atoms with E-state index >= 15 is 0 Å². The van der Waals surface area contributed by atoms with E-state index in [1.165, 1.54) is 24.3 Å². The normalized spacial score (nSPS) is 22.2. The number of amides is 2. The molecule has 8 nitrogen and oxygen atoms in total. The molecule has 10 heteroatoms. The van der Waals surface area contributed by atoms with E-state index in [0.717, 1.165) is 18.4 Å². The summed E-state index contributed by atoms with van der Waals surface area (Å²) in [7, 11) is -3.97. The summed E-state index contributed by atoms with van der Waals surface area (Å²) in [5.41, 5.74) is -0.567. The van der Waals surface area contributed by atoms with Gasteiger partial charge in [-0.3, -0.25) is 9.59 Å². The molecule has 0 radical (unpaired) electrons. The molecule has 188 valence electrons. The third kappa shape index (κ3) is 4.95. The first-order valence-corrected chi connectivity index (χ1v) is 13.5. The van der Waals surface area contributed by atoms with Gasteiger partial charge < -0.3 is 15.3 Å². The maximum Gasteiger partial charge on any atom is 0.251 e. The molecule has 2 atom stereocenters. The van der Waals surface area contributed by atoms with Crippen molar-refractivity contribution >= 4 is 33.4 Å². The molecular weight excluding hydrogens is 490 g/mol. The molecule has 4 N–H and O–H groups in total. The van der Waals surface area contributed by atoms with Crippen LogP contribution in [0.3, 0.4) is 0 Å². The number of sulfonamides is 1. The minimum atomic E-state index is -3.97. The van der Waals surface area contributed by atoms with Crippen molar-refractivity contribution in [1.29, 1.82) is 0 Å². The average Bonchev–Trinajstić information content (AvgIpc) is 3.59. The number of nitrogens with two attached hydrogens (primary N) is 1. The molecule has 4 rings (SSSR count). The molecule has 2 aromatic carbocycles. The van der Waals surface area contributed by atoms with Crippen LogP contribution < -0.4 is 10.5 Å². The molecule has 1 aliphatic heterocycles. The highest BCUT2D eigenvalue weighted by Crippen LogP contribution is 2.62. The van der Waals surface area contributed by atoms with Crippen LogP contribution in [0.25, 0.3) is 0 Å². The Labute approximate surface area is 210 Å². The summed E-state index contributed by atoms with van der Waals surface area (Å²) in [4.78, 5) is 28.0. The van der Waals surface area contributed by atoms with Crippen molar-refractivity contribution in [3.8, 4) is 0 Å². The number of carbonyl (C=O) groups excluding carboxylic acids is 2. The van der Waals surface area contributed by atoms with Crippen LogP contribution in [-0.2, 0) is 20.4 Å². The first-order valence-electron chi connectivity index (χ1n) is 11.6. The Kier molecular flexibility index (Phi) is 6.74. The van der Waals surface area contributed by atoms with Gasteiger partial charge in [-0.15, -0.1) is 0 Å². The summed E-state index contributed by atoms with van der Waals surface area (Å²) < 4.78 is 23.3. The highest BCUT2D eigenvalue weighted by molar-refractivity contribution is 7.89. The smallest absolute Gasteiger partial charge is 0.251 e. The lowest BCUT2D eigenvalue weighted by Gasteiger charge is -2.46. The molecule has 2 aromatic rings. The third-order valence-corrected chi connectivity index (χ3v) is 8.41. The maximum absolute atomic E-state index is 13.5. The van der Waals surface area contributed by atoms with Gasteiger partial charge in [-0.1, -0.05) is 43.6 Å². The Morgan fingerprint density at radius 3 is 2.34 bits per heavy atom. The predicted molar refractivity (Wildman–Crippen MR) is 132 cm³/mol. The second-order valence-electron chi connectivity index (χ2n) is 9.93. The molecule has 1 heterocycles. The Morgan fingerprint density at radius 2 is 1.77 bits per heavy atom. The van der Waals surface area contributed by atoms with Crippen molar-refractivity contribution < 1.29 is 23.1 Å². The van der Waals surface area contributed by atoms with Crippen LogP contribution in [0.1, 0.15) is 49.0 Å². The van der Waals surface area contributed by atoms with E-state index in [-0.39, 0.29) is 22.3 Å². The zero-order valence-electron chi connectivity index (χ0n) is 19.7. The van der Waals surface area contributed by atoms with E-state index in [9.17, 15) is 23.1 Å². The van der Waals surface area contributed by atoms with Crippen LogP contribution in [0.15, 0.2) is 53.4 Å². The summed E-state index contributed by atoms with van der Waals surface area (Å²) in [6.45, 7) is 4.42. The number of benzene rings is 2. The van der Waals surface area contributed by atoms with Gasteiger partial charge in [0.25, 0.3) is 5.91 Å². The Morgan fingerprint density at radius 1 is 1.11 bits per heavy atom. The predicted octanol–water partition coefficient (Wildman–Crippen LogP) is 2.64. The molecule has 1 spiro atoms. The van der Waals surface area contributed by atoms with Crippen LogP contribution in [0, 0.1) is 11.3 Å². The van der Waals surface area contributed by atoms with E-state index < -0.39 is 33.0 Å². The van der Waals surface area contributed by atoms with Crippen molar-refractivity contribution in [2.45, 2.75) is 49.6 Å². The molecule has 0 bridgehead atoms. The molecule has 35 heavy (non-hydrogen) atoms. The van der Waals surface area contributed by atoms with Gasteiger partial charge in [-0.25, -0.2) is 13.6 Å². The molecular formula is C25H30ClN3O5S. The number of hydrogen-bond acceptors (Lipinski definition) is 5. The summed E-state index contributed by atoms with van der Waals surface area (Å²) in [6.07, 6.45) is 1.99. The van der Waals surface area contributed by atoms with E-state index in [0.29, 0.717) is 24.5 Å². The van der Waals surface area contributed by atoms with E-state index in [4.69, 9.17) is 16.7 Å². The number of rotatable bonds is 6. The first kappa shape index (κ1) is 25.6. The van der Waals surface area contributed by atoms with Gasteiger partial charge in [-0.2, -0.15) is 0 Å². The third-order valence-electron chi connectivity index (χ3n) is 7.25. The molecule has 1 unspecified atom stereocenters. The number of aliphatic hydroxyl groups is 1. The minimum absolute atomic E-state index is 0.101. The second kappa shape index (κ2) is 9.20. The number of nitrogens with zero attached hydrogens (tertiary/aromatic N) is 1. The lowest BCUT2D eigenvalue weighted by molar-refractivity contribution is -0.146. The molecule has 1 aliphatic carbocycles. The Bertz CT molecular complexity index is 1240. The van der Waals surface area contributed by atoms with Crippen LogP contribution in [0.2, 0.25) is 5.02 Å². The summed E-state index contributed by atoms with van der Waals surface area (Å²) >= 11 is 6.02. The van der Waals surface area contributed by atoms with Gasteiger partial charge in [0.1, 0.15) is 6.04 Å². The van der Waals surface area contributed by atoms with Crippen molar-refractivity contribution in [2.24, 2.45) is 16.5 Å². The number of carbonyl (C=O) groups is 2. The average molecular weight is 520 g/mol. The SMILES string of the molecule is CC(C)[C@@H](NC(=O)c1cccc(S(N)(=O)=O)c1)C(=O)N1CCC(O)(c2ccc(Cl)cc2)C2(CC2)C1. The van der Waals surface area contributed by atoms with E-state index in [1.54, 1.807) is 17.0 Å². The number of halogens is 1. The molecule has 2 fully saturated rings. The largest absolute Gasteiger partial charge is 0.384 e. The van der Waals surface area contributed by atoms with Crippen LogP contribution in [0.5, 0.6) is 0 Å². The monoisotopic (exact) mass is 519 g/mol. The number of piperidine rings is 1. The van der Waals surface area contributed by atoms with Crippen LogP contribution >= 0.6 is 11.6 Å². The molecule has 2 amide bonds. The van der Waals surface area contributed by atoms with Crippen molar-refractivity contribution in [3.05, 3.63) is 64.7 Å². The summed E-state index contributed by atoms with van der Waals surface area (Å²) in [5.74, 6) is -0.987. The van der Waals surface area contributed by atoms with Gasteiger partial charge >= 0.3 is 0 Å². The lowest BCUT2D eigenvalue weighted by atomic mass is 9.73. The van der Waals surface area contributed by atoms with Crippen molar-refractivity contribution in [2.75, 3.05) is 13.1 Å². The first-order chi connectivity index (χ1) is 16.4. The highest BCUT2D eigenvalue weighted by atomic mass is 35.5. The minimum Gasteiger partial charge on any atom is -0.384 e. The molecule has 2 aliphatic rings. The fourth-order valence-electron chi connectivity index (χ4n) is 4.97.